The first-order chi connectivity index (χ1) is 5.64. The average Bonchev–Trinajstić information content (AvgIpc) is 2.14. The summed E-state index contributed by atoms with van der Waals surface area (Å²) in [5, 5.41) is 0. The van der Waals surface area contributed by atoms with Crippen LogP contribution in [-0.4, -0.2) is 3.68 Å². The van der Waals surface area contributed by atoms with E-state index in [1.54, 1.807) is 0 Å². The first kappa shape index (κ1) is 10.5. The van der Waals surface area contributed by atoms with Gasteiger partial charge in [0, 0.05) is 0 Å². The molecule has 0 aromatic rings. The molecule has 0 N–H and O–H groups in total. The molecule has 0 aliphatic heterocycles. The largest absolute Gasteiger partial charge is 0.232 e. The van der Waals surface area contributed by atoms with Gasteiger partial charge in [0.05, 0.1) is 0 Å². The predicted octanol–water partition coefficient (Wildman–Crippen LogP) is 4.39. The van der Waals surface area contributed by atoms with Crippen molar-refractivity contribution >= 4 is 22.6 Å². The van der Waals surface area contributed by atoms with Gasteiger partial charge in [0.2, 0.25) is 0 Å². The zero-order chi connectivity index (χ0) is 9.03. The van der Waals surface area contributed by atoms with Gasteiger partial charge in [-0.15, -0.1) is 0 Å². The second-order valence-corrected chi connectivity index (χ2v) is 5.41. The highest BCUT2D eigenvalue weighted by Crippen LogP contribution is 2.38. The molecule has 0 nitrogen and oxygen atoms in total. The molecule has 0 amide bonds. The monoisotopic (exact) mass is 282 g/mol. The smallest absolute Gasteiger partial charge is 0.161 e. The van der Waals surface area contributed by atoms with E-state index in [4.69, 9.17) is 0 Å². The van der Waals surface area contributed by atoms with Crippen molar-refractivity contribution in [2.24, 2.45) is 0 Å². The minimum atomic E-state index is -0.929. The molecule has 70 valence electrons. The van der Waals surface area contributed by atoms with Gasteiger partial charge < -0.3 is 0 Å². The van der Waals surface area contributed by atoms with Crippen molar-refractivity contribution < 1.29 is 4.39 Å². The fourth-order valence-corrected chi connectivity index (χ4v) is 2.31. The number of hydrogen-bond donors (Lipinski definition) is 0. The fourth-order valence-electron chi connectivity index (χ4n) is 1.66. The first-order valence-electron chi connectivity index (χ1n) is 4.70. The molecule has 0 bridgehead atoms. The number of halogens is 2. The van der Waals surface area contributed by atoms with Crippen LogP contribution in [0.4, 0.5) is 4.39 Å². The summed E-state index contributed by atoms with van der Waals surface area (Å²) in [5.74, 6) is 0. The van der Waals surface area contributed by atoms with Crippen LogP contribution >= 0.6 is 22.6 Å². The van der Waals surface area contributed by atoms with Crippen LogP contribution < -0.4 is 0 Å². The third kappa shape index (κ3) is 3.42. The number of allylic oxidation sites excluding steroid dienone is 2. The van der Waals surface area contributed by atoms with Crippen molar-refractivity contribution in [3.63, 3.8) is 0 Å². The summed E-state index contributed by atoms with van der Waals surface area (Å²) in [5.41, 5.74) is 1.47. The normalized spacial score (nSPS) is 35.1. The van der Waals surface area contributed by atoms with Crippen molar-refractivity contribution in [2.45, 2.75) is 49.1 Å². The van der Waals surface area contributed by atoms with Gasteiger partial charge in [0.1, 0.15) is 0 Å². The summed E-state index contributed by atoms with van der Waals surface area (Å²) in [6.45, 7) is 2.14. The van der Waals surface area contributed by atoms with Crippen molar-refractivity contribution in [1.29, 1.82) is 0 Å². The highest BCUT2D eigenvalue weighted by Gasteiger charge is 2.27. The molecule has 0 aromatic heterocycles. The third-order valence-electron chi connectivity index (χ3n) is 2.35. The number of hydrogen-bond acceptors (Lipinski definition) is 0. The van der Waals surface area contributed by atoms with Gasteiger partial charge in [0.15, 0.2) is 3.68 Å². The first-order valence-corrected chi connectivity index (χ1v) is 5.77. The highest BCUT2D eigenvalue weighted by atomic mass is 127. The Morgan fingerprint density at radius 3 is 2.92 bits per heavy atom. The minimum absolute atomic E-state index is 0.708. The summed E-state index contributed by atoms with van der Waals surface area (Å²) in [7, 11) is 0. The molecule has 0 aromatic carbocycles. The van der Waals surface area contributed by atoms with E-state index in [-0.39, 0.29) is 0 Å². The molecule has 0 spiro atoms. The van der Waals surface area contributed by atoms with E-state index in [1.807, 2.05) is 22.6 Å². The Hall–Kier alpha value is 0.400. The van der Waals surface area contributed by atoms with Crippen molar-refractivity contribution in [2.75, 3.05) is 0 Å². The van der Waals surface area contributed by atoms with E-state index in [0.29, 0.717) is 6.42 Å². The lowest BCUT2D eigenvalue weighted by Gasteiger charge is -2.13. The molecular weight excluding hydrogens is 266 g/mol. The highest BCUT2D eigenvalue weighted by molar-refractivity contribution is 14.1. The predicted molar refractivity (Wildman–Crippen MR) is 59.3 cm³/mol. The molecular formula is C10H16FI. The molecule has 1 saturated carbocycles. The Morgan fingerprint density at radius 2 is 2.25 bits per heavy atom. The third-order valence-corrected chi connectivity index (χ3v) is 3.42. The summed E-state index contributed by atoms with van der Waals surface area (Å²) in [6.07, 6.45) is 7.89. The summed E-state index contributed by atoms with van der Waals surface area (Å²) < 4.78 is 12.6. The average molecular weight is 282 g/mol. The standard InChI is InChI=1S/C10H16FI/c1-2-4-9-5-3-7-10(11,12)8-6-9/h4H,2-3,5-8H2,1H3/b9-4-. The fraction of sp³-hybridized carbons (Fsp3) is 0.800. The van der Waals surface area contributed by atoms with Crippen LogP contribution in [-0.2, 0) is 0 Å². The van der Waals surface area contributed by atoms with Gasteiger partial charge >= 0.3 is 0 Å². The molecule has 2 heteroatoms. The Kier molecular flexibility index (Phi) is 4.00. The van der Waals surface area contributed by atoms with Crippen LogP contribution in [0.1, 0.15) is 45.4 Å². The van der Waals surface area contributed by atoms with E-state index in [0.717, 1.165) is 32.1 Å². The lowest BCUT2D eigenvalue weighted by molar-refractivity contribution is 0.281. The molecule has 1 rings (SSSR count). The van der Waals surface area contributed by atoms with Gasteiger partial charge in [-0.05, 0) is 61.1 Å². The van der Waals surface area contributed by atoms with Gasteiger partial charge in [-0.1, -0.05) is 18.6 Å². The Bertz CT molecular complexity index is 173. The van der Waals surface area contributed by atoms with Gasteiger partial charge in [-0.25, -0.2) is 4.39 Å². The molecule has 0 saturated heterocycles. The quantitative estimate of drug-likeness (QED) is 0.289. The molecule has 1 aliphatic carbocycles. The van der Waals surface area contributed by atoms with Gasteiger partial charge in [-0.2, -0.15) is 0 Å². The van der Waals surface area contributed by atoms with Gasteiger partial charge in [-0.3, -0.25) is 0 Å². The number of alkyl halides is 2. The Labute approximate surface area is 87.8 Å². The van der Waals surface area contributed by atoms with Crippen LogP contribution in [0.5, 0.6) is 0 Å². The molecule has 1 unspecified atom stereocenters. The van der Waals surface area contributed by atoms with E-state index < -0.39 is 3.68 Å². The molecule has 1 aliphatic rings. The van der Waals surface area contributed by atoms with Gasteiger partial charge in [0.25, 0.3) is 0 Å². The van der Waals surface area contributed by atoms with Crippen LogP contribution in [0.25, 0.3) is 0 Å². The van der Waals surface area contributed by atoms with E-state index in [1.165, 1.54) is 5.57 Å². The lowest BCUT2D eigenvalue weighted by Crippen LogP contribution is -2.10. The number of rotatable bonds is 1. The molecule has 0 heterocycles. The maximum absolute atomic E-state index is 13.5. The lowest BCUT2D eigenvalue weighted by atomic mass is 10.1. The SMILES string of the molecule is CC/C=C1/CCCC(F)(I)CC1. The van der Waals surface area contributed by atoms with Crippen molar-refractivity contribution in [3.05, 3.63) is 11.6 Å². The molecule has 12 heavy (non-hydrogen) atoms. The summed E-state index contributed by atoms with van der Waals surface area (Å²) in [4.78, 5) is 0. The molecule has 1 atom stereocenters. The van der Waals surface area contributed by atoms with Crippen LogP contribution in [0, 0.1) is 0 Å². The second kappa shape index (κ2) is 4.58. The van der Waals surface area contributed by atoms with E-state index >= 15 is 0 Å². The second-order valence-electron chi connectivity index (χ2n) is 3.48. The maximum atomic E-state index is 13.5. The van der Waals surface area contributed by atoms with Crippen LogP contribution in [0.15, 0.2) is 11.6 Å². The Morgan fingerprint density at radius 1 is 1.50 bits per heavy atom. The molecule has 1 fully saturated rings. The summed E-state index contributed by atoms with van der Waals surface area (Å²) >= 11 is 1.96. The zero-order valence-corrected chi connectivity index (χ0v) is 9.73. The molecule has 0 radical (unpaired) electrons. The van der Waals surface area contributed by atoms with E-state index in [2.05, 4.69) is 13.0 Å². The van der Waals surface area contributed by atoms with Crippen LogP contribution in [0.2, 0.25) is 0 Å². The topological polar surface area (TPSA) is 0 Å². The van der Waals surface area contributed by atoms with Crippen LogP contribution in [0.3, 0.4) is 0 Å². The maximum Gasteiger partial charge on any atom is 0.161 e. The zero-order valence-electron chi connectivity index (χ0n) is 7.58. The van der Waals surface area contributed by atoms with Crippen molar-refractivity contribution in [3.8, 4) is 0 Å². The van der Waals surface area contributed by atoms with Crippen molar-refractivity contribution in [1.82, 2.24) is 0 Å². The summed E-state index contributed by atoms with van der Waals surface area (Å²) in [6, 6.07) is 0. The van der Waals surface area contributed by atoms with E-state index in [9.17, 15) is 4.39 Å². The minimum Gasteiger partial charge on any atom is -0.232 e. The Balaban J connectivity index is 2.50.